The molecule has 0 aliphatic carbocycles. The smallest absolute Gasteiger partial charge is 0.146 e. The molecule has 0 atom stereocenters. The topological polar surface area (TPSA) is 17.1 Å². The number of carbonyl (C=O) groups excluding carboxylic acids is 1. The van der Waals surface area contributed by atoms with Gasteiger partial charge in [-0.1, -0.05) is 0 Å². The zero-order valence-corrected chi connectivity index (χ0v) is 5.75. The molecule has 22 valence electrons. The fourth-order valence-corrected chi connectivity index (χ4v) is 0. The van der Waals surface area contributed by atoms with E-state index in [4.69, 9.17) is 4.79 Å². The zero-order chi connectivity index (χ0) is 2.71. The summed E-state index contributed by atoms with van der Waals surface area (Å²) in [5.41, 5.74) is 1.31. The van der Waals surface area contributed by atoms with Crippen molar-refractivity contribution in [3.63, 3.8) is 0 Å². The number of hydrogen-bond donors (Lipinski definition) is 0. The van der Waals surface area contributed by atoms with Gasteiger partial charge in [-0.25, -0.2) is 4.79 Å². The summed E-state index contributed by atoms with van der Waals surface area (Å²) in [7, 11) is 2.38. The van der Waals surface area contributed by atoms with Gasteiger partial charge in [-0.2, -0.15) is 0 Å². The molecule has 0 aromatic carbocycles. The van der Waals surface area contributed by atoms with E-state index < -0.39 is 0 Å². The Hall–Kier alpha value is 0.568. The SMILES string of the molecule is O=C=P.[W]. The first-order chi connectivity index (χ1) is 1.41. The van der Waals surface area contributed by atoms with Crippen molar-refractivity contribution in [1.29, 1.82) is 0 Å². The second-order valence-corrected chi connectivity index (χ2v) is 0.306. The van der Waals surface area contributed by atoms with E-state index in [0.717, 1.165) is 0 Å². The Morgan fingerprint density at radius 1 is 1.75 bits per heavy atom. The van der Waals surface area contributed by atoms with E-state index in [0.29, 0.717) is 0 Å². The van der Waals surface area contributed by atoms with Crippen LogP contribution in [0.3, 0.4) is 0 Å². The van der Waals surface area contributed by atoms with Crippen molar-refractivity contribution in [2.45, 2.75) is 0 Å². The van der Waals surface area contributed by atoms with Crippen LogP contribution in [0.15, 0.2) is 0 Å². The van der Waals surface area contributed by atoms with E-state index in [9.17, 15) is 0 Å². The van der Waals surface area contributed by atoms with Crippen molar-refractivity contribution < 1.29 is 25.9 Å². The van der Waals surface area contributed by atoms with Gasteiger partial charge in [0.25, 0.3) is 0 Å². The van der Waals surface area contributed by atoms with Gasteiger partial charge in [-0.15, -0.1) is 0 Å². The largest absolute Gasteiger partial charge is 0.229 e. The van der Waals surface area contributed by atoms with Crippen LogP contribution in [0.4, 0.5) is 0 Å². The molecule has 3 heteroatoms. The van der Waals surface area contributed by atoms with Crippen molar-refractivity contribution in [2.24, 2.45) is 0 Å². The monoisotopic (exact) mass is 244 g/mol. The average Bonchev–Trinajstić information content (AvgIpc) is 0.918. The molecule has 0 radical (unpaired) electrons. The third-order valence-electron chi connectivity index (χ3n) is 0. The van der Waals surface area contributed by atoms with Crippen molar-refractivity contribution in [2.75, 3.05) is 0 Å². The maximum absolute atomic E-state index is 8.59. The standard InChI is InChI=1S/CHOP.W/c2-1-3;/h3H;. The van der Waals surface area contributed by atoms with E-state index in [1.807, 2.05) is 0 Å². The molecule has 0 unspecified atom stereocenters. The summed E-state index contributed by atoms with van der Waals surface area (Å²) >= 11 is 0. The summed E-state index contributed by atoms with van der Waals surface area (Å²) < 4.78 is 0. The minimum Gasteiger partial charge on any atom is -0.229 e. The molecule has 0 spiro atoms. The molecule has 0 bridgehead atoms. The van der Waals surface area contributed by atoms with Crippen LogP contribution in [-0.4, -0.2) is 5.66 Å². The van der Waals surface area contributed by atoms with Crippen molar-refractivity contribution in [3.8, 4) is 0 Å². The zero-order valence-electron chi connectivity index (χ0n) is 1.82. The molecular weight excluding hydrogens is 243 g/mol. The Morgan fingerprint density at radius 2 is 1.75 bits per heavy atom. The Bertz CT molecular complexity index is 29.0. The number of hydrogen-bond acceptors (Lipinski definition) is 1. The van der Waals surface area contributed by atoms with Crippen LogP contribution in [-0.2, 0) is 25.9 Å². The molecule has 0 aromatic rings. The Morgan fingerprint density at radius 3 is 1.75 bits per heavy atom. The first kappa shape index (κ1) is 8.82. The molecule has 0 heterocycles. The fraction of sp³-hybridized carbons (Fsp3) is 0. The predicted octanol–water partition coefficient (Wildman–Crippen LogP) is 0.194. The van der Waals surface area contributed by atoms with Crippen LogP contribution in [0.25, 0.3) is 0 Å². The van der Waals surface area contributed by atoms with Gasteiger partial charge in [0, 0.05) is 21.1 Å². The van der Waals surface area contributed by atoms with Crippen LogP contribution in [0.5, 0.6) is 0 Å². The maximum atomic E-state index is 8.59. The summed E-state index contributed by atoms with van der Waals surface area (Å²) in [5, 5.41) is 0. The molecule has 0 aliphatic heterocycles. The molecule has 0 N–H and O–H groups in total. The molecule has 0 amide bonds. The van der Waals surface area contributed by atoms with E-state index in [1.54, 1.807) is 0 Å². The van der Waals surface area contributed by atoms with E-state index in [1.165, 1.54) is 5.66 Å². The van der Waals surface area contributed by atoms with Crippen molar-refractivity contribution in [3.05, 3.63) is 0 Å². The van der Waals surface area contributed by atoms with Gasteiger partial charge in [-0.3, -0.25) is 0 Å². The normalized spacial score (nSPS) is 2.00. The summed E-state index contributed by atoms with van der Waals surface area (Å²) in [6.45, 7) is 0. The van der Waals surface area contributed by atoms with Gasteiger partial charge in [0.05, 0.1) is 0 Å². The number of rotatable bonds is 0. The molecule has 1 nitrogen and oxygen atoms in total. The van der Waals surface area contributed by atoms with E-state index >= 15 is 0 Å². The fourth-order valence-electron chi connectivity index (χ4n) is 0. The summed E-state index contributed by atoms with van der Waals surface area (Å²) in [6.07, 6.45) is 0. The second-order valence-electron chi connectivity index (χ2n) is 0.102. The summed E-state index contributed by atoms with van der Waals surface area (Å²) in [4.78, 5) is 8.59. The van der Waals surface area contributed by atoms with Crippen molar-refractivity contribution in [1.82, 2.24) is 0 Å². The quantitative estimate of drug-likeness (QED) is 0.556. The first-order valence-corrected chi connectivity index (χ1v) is 0.954. The van der Waals surface area contributed by atoms with Crippen LogP contribution < -0.4 is 0 Å². The first-order valence-electron chi connectivity index (χ1n) is 0.454. The van der Waals surface area contributed by atoms with Gasteiger partial charge < -0.3 is 0 Å². The molecule has 4 heavy (non-hydrogen) atoms. The minimum atomic E-state index is 0. The molecule has 0 saturated carbocycles. The Kier molecular flexibility index (Phi) is 21.1. The third-order valence-corrected chi connectivity index (χ3v) is 0. The van der Waals surface area contributed by atoms with Crippen LogP contribution in [0.2, 0.25) is 0 Å². The average molecular weight is 244 g/mol. The van der Waals surface area contributed by atoms with Crippen LogP contribution in [0, 0.1) is 0 Å². The molecule has 0 aromatic heterocycles. The third kappa shape index (κ3) is 19.6. The Labute approximate surface area is 40.9 Å². The molecule has 0 fully saturated rings. The van der Waals surface area contributed by atoms with Crippen LogP contribution in [0.1, 0.15) is 0 Å². The maximum Gasteiger partial charge on any atom is 0.146 e. The molecule has 0 aliphatic rings. The minimum absolute atomic E-state index is 0. The van der Waals surface area contributed by atoms with Gasteiger partial charge in [-0.05, 0) is 8.86 Å². The summed E-state index contributed by atoms with van der Waals surface area (Å²) in [5.74, 6) is 0. The van der Waals surface area contributed by atoms with E-state index in [2.05, 4.69) is 8.86 Å². The van der Waals surface area contributed by atoms with E-state index in [-0.39, 0.29) is 21.1 Å². The summed E-state index contributed by atoms with van der Waals surface area (Å²) in [6, 6.07) is 0. The predicted molar refractivity (Wildman–Crippen MR) is 14.0 cm³/mol. The van der Waals surface area contributed by atoms with Gasteiger partial charge in [0.1, 0.15) is 5.66 Å². The van der Waals surface area contributed by atoms with Crippen molar-refractivity contribution >= 4 is 14.5 Å². The van der Waals surface area contributed by atoms with Crippen LogP contribution >= 0.6 is 8.86 Å². The van der Waals surface area contributed by atoms with Gasteiger partial charge in [0.2, 0.25) is 0 Å². The van der Waals surface area contributed by atoms with Gasteiger partial charge in [0.15, 0.2) is 0 Å². The molecular formula is CHOPW. The second kappa shape index (κ2) is 9.57. The molecule has 0 saturated heterocycles. The Balaban J connectivity index is 0. The molecule has 0 rings (SSSR count). The van der Waals surface area contributed by atoms with Gasteiger partial charge >= 0.3 is 0 Å².